The molecule has 2 unspecified atom stereocenters. The number of benzene rings is 2. The minimum Gasteiger partial charge on any atom is -0.508 e. The number of ether oxygens (including phenoxy) is 1. The van der Waals surface area contributed by atoms with Crippen LogP contribution >= 0.6 is 0 Å². The smallest absolute Gasteiger partial charge is 0.319 e. The number of hydrogen-bond acceptors (Lipinski definition) is 8. The van der Waals surface area contributed by atoms with E-state index < -0.39 is 12.0 Å². The molecule has 2 aromatic carbocycles. The van der Waals surface area contributed by atoms with E-state index in [1.807, 2.05) is 24.3 Å². The highest BCUT2D eigenvalue weighted by molar-refractivity contribution is 5.99. The first-order chi connectivity index (χ1) is 21.4. The molecule has 10 heteroatoms. The number of aromatic hydroxyl groups is 1. The predicted octanol–water partition coefficient (Wildman–Crippen LogP) is 5.36. The summed E-state index contributed by atoms with van der Waals surface area (Å²) in [6.07, 6.45) is 7.86. The first kappa shape index (κ1) is 26.7. The summed E-state index contributed by atoms with van der Waals surface area (Å²) in [5.41, 5.74) is 0.380. The summed E-state index contributed by atoms with van der Waals surface area (Å²) in [7, 11) is 0. The van der Waals surface area contributed by atoms with E-state index in [1.165, 1.54) is 12.8 Å². The molecule has 9 rings (SSSR count). The van der Waals surface area contributed by atoms with Crippen molar-refractivity contribution in [2.45, 2.75) is 74.8 Å². The number of alkyl halides is 1. The van der Waals surface area contributed by atoms with Gasteiger partial charge in [0.1, 0.15) is 35.6 Å². The zero-order valence-corrected chi connectivity index (χ0v) is 24.6. The van der Waals surface area contributed by atoms with Gasteiger partial charge in [-0.2, -0.15) is 9.97 Å². The van der Waals surface area contributed by atoms with E-state index in [0.29, 0.717) is 53.8 Å². The highest BCUT2D eigenvalue weighted by Crippen LogP contribution is 2.52. The molecular weight excluding hydrogens is 562 g/mol. The Morgan fingerprint density at radius 1 is 1.00 bits per heavy atom. The van der Waals surface area contributed by atoms with Gasteiger partial charge in [0.15, 0.2) is 5.82 Å². The van der Waals surface area contributed by atoms with Gasteiger partial charge in [0.2, 0.25) is 0 Å². The molecule has 44 heavy (non-hydrogen) atoms. The maximum absolute atomic E-state index is 16.7. The number of aromatic nitrogens is 3. The quantitative estimate of drug-likeness (QED) is 0.318. The number of pyridine rings is 1. The predicted molar refractivity (Wildman–Crippen MR) is 164 cm³/mol. The van der Waals surface area contributed by atoms with Gasteiger partial charge in [-0.1, -0.05) is 30.7 Å². The molecule has 2 aromatic heterocycles. The van der Waals surface area contributed by atoms with Crippen LogP contribution in [0.2, 0.25) is 0 Å². The van der Waals surface area contributed by atoms with Crippen molar-refractivity contribution in [1.82, 2.24) is 25.2 Å². The lowest BCUT2D eigenvalue weighted by molar-refractivity contribution is 0.0832. The molecule has 0 amide bonds. The normalized spacial score (nSPS) is 31.2. The van der Waals surface area contributed by atoms with Gasteiger partial charge in [-0.15, -0.1) is 0 Å². The molecule has 2 bridgehead atoms. The molecule has 4 aromatic rings. The molecule has 6 heterocycles. The third-order valence-electron chi connectivity index (χ3n) is 11.0. The summed E-state index contributed by atoms with van der Waals surface area (Å²) in [6.45, 7) is 2.26. The Kier molecular flexibility index (Phi) is 6.04. The van der Waals surface area contributed by atoms with Crippen molar-refractivity contribution in [3.05, 3.63) is 48.4 Å². The van der Waals surface area contributed by atoms with E-state index in [1.54, 1.807) is 18.3 Å². The molecule has 0 spiro atoms. The molecule has 4 aliphatic heterocycles. The van der Waals surface area contributed by atoms with Crippen molar-refractivity contribution in [2.75, 3.05) is 31.1 Å². The molecule has 228 valence electrons. The highest BCUT2D eigenvalue weighted by Gasteiger charge is 2.58. The number of anilines is 1. The largest absolute Gasteiger partial charge is 0.508 e. The average molecular weight is 599 g/mol. The Balaban J connectivity index is 1.14. The summed E-state index contributed by atoms with van der Waals surface area (Å²) in [4.78, 5) is 18.7. The zero-order valence-electron chi connectivity index (χ0n) is 24.6. The van der Waals surface area contributed by atoms with Gasteiger partial charge in [0.05, 0.1) is 10.9 Å². The summed E-state index contributed by atoms with van der Waals surface area (Å²) in [6, 6.07) is 12.0. The van der Waals surface area contributed by atoms with Gasteiger partial charge in [0, 0.05) is 55.9 Å². The Morgan fingerprint density at radius 2 is 1.84 bits per heavy atom. The van der Waals surface area contributed by atoms with Crippen LogP contribution in [0.4, 0.5) is 14.6 Å². The second-order valence-corrected chi connectivity index (χ2v) is 13.7. The maximum atomic E-state index is 16.7. The molecule has 5 aliphatic rings. The number of halogens is 2. The highest BCUT2D eigenvalue weighted by atomic mass is 19.1. The fourth-order valence-electron chi connectivity index (χ4n) is 9.22. The van der Waals surface area contributed by atoms with Crippen molar-refractivity contribution in [2.24, 2.45) is 5.92 Å². The Morgan fingerprint density at radius 3 is 2.70 bits per heavy atom. The minimum absolute atomic E-state index is 0.0385. The molecule has 8 nitrogen and oxygen atoms in total. The van der Waals surface area contributed by atoms with E-state index in [2.05, 4.69) is 25.1 Å². The molecule has 0 radical (unpaired) electrons. The first-order valence-corrected chi connectivity index (χ1v) is 16.1. The third kappa shape index (κ3) is 4.17. The number of rotatable bonds is 5. The standard InChI is InChI=1S/C34H36F2N6O2/c35-21-13-34(12-20-5-3-7-28(20)42(34)15-21)18-44-33-39-31-27(32(40-33)41-16-22-8-9-23(17-41)38-22)14-37-30(29(31)36)26-11-24(43)10-19-4-1-2-6-25(19)26/h1-2,4,6,10-11,14,20-23,28,38,43H,3,5,7-9,12-13,15-18H2/t20-,21-,22?,23?,28-,34-/m0/s1. The van der Waals surface area contributed by atoms with Crippen molar-refractivity contribution < 1.29 is 18.6 Å². The van der Waals surface area contributed by atoms with Gasteiger partial charge in [-0.05, 0) is 60.9 Å². The third-order valence-corrected chi connectivity index (χ3v) is 11.0. The number of fused-ring (bicyclic) bond motifs is 7. The Bertz CT molecular complexity index is 1780. The summed E-state index contributed by atoms with van der Waals surface area (Å²) < 4.78 is 37.9. The molecule has 1 saturated carbocycles. The lowest BCUT2D eigenvalue weighted by Gasteiger charge is -2.35. The molecule has 2 N–H and O–H groups in total. The van der Waals surface area contributed by atoms with Crippen LogP contribution in [-0.4, -0.2) is 81.0 Å². The maximum Gasteiger partial charge on any atom is 0.319 e. The molecule has 1 aliphatic carbocycles. The average Bonchev–Trinajstić information content (AvgIpc) is 3.76. The van der Waals surface area contributed by atoms with Crippen molar-refractivity contribution in [3.63, 3.8) is 0 Å². The second-order valence-electron chi connectivity index (χ2n) is 13.7. The van der Waals surface area contributed by atoms with Gasteiger partial charge >= 0.3 is 6.01 Å². The van der Waals surface area contributed by atoms with Crippen LogP contribution in [0, 0.1) is 11.7 Å². The number of phenolic OH excluding ortho intramolecular Hbond substituents is 1. The summed E-state index contributed by atoms with van der Waals surface area (Å²) in [5.74, 6) is 0.662. The number of nitrogens with zero attached hydrogens (tertiary/aromatic N) is 5. The molecule has 5 fully saturated rings. The SMILES string of the molecule is Oc1cc(-c2ncc3c(N4CC5CCC(C4)N5)nc(OC[C@]45C[C@H](F)CN4[C@H]4CCC[C@H]4C5)nc3c2F)c2ccccc2c1. The minimum atomic E-state index is -0.868. The van der Waals surface area contributed by atoms with Gasteiger partial charge in [-0.25, -0.2) is 8.78 Å². The number of hydrogen-bond donors (Lipinski definition) is 2. The van der Waals surface area contributed by atoms with Crippen LogP contribution in [0.1, 0.15) is 44.9 Å². The van der Waals surface area contributed by atoms with Gasteiger partial charge in [-0.3, -0.25) is 9.88 Å². The molecule has 6 atom stereocenters. The van der Waals surface area contributed by atoms with Crippen LogP contribution in [-0.2, 0) is 0 Å². The van der Waals surface area contributed by atoms with Crippen LogP contribution < -0.4 is 15.0 Å². The van der Waals surface area contributed by atoms with Crippen LogP contribution in [0.15, 0.2) is 42.6 Å². The summed E-state index contributed by atoms with van der Waals surface area (Å²) >= 11 is 0. The topological polar surface area (TPSA) is 86.6 Å². The second kappa shape index (κ2) is 9.94. The monoisotopic (exact) mass is 598 g/mol. The zero-order chi connectivity index (χ0) is 29.6. The lowest BCUT2D eigenvalue weighted by Crippen LogP contribution is -2.51. The van der Waals surface area contributed by atoms with Crippen molar-refractivity contribution in [3.8, 4) is 23.0 Å². The number of phenols is 1. The van der Waals surface area contributed by atoms with Gasteiger partial charge in [0.25, 0.3) is 0 Å². The molecular formula is C34H36F2N6O2. The van der Waals surface area contributed by atoms with Crippen molar-refractivity contribution in [1.29, 1.82) is 0 Å². The Labute approximate surface area is 254 Å². The van der Waals surface area contributed by atoms with E-state index in [0.717, 1.165) is 49.5 Å². The number of nitrogens with one attached hydrogen (secondary N) is 1. The summed E-state index contributed by atoms with van der Waals surface area (Å²) in [5, 5.41) is 16.2. The lowest BCUT2D eigenvalue weighted by atomic mass is 9.89. The van der Waals surface area contributed by atoms with Crippen LogP contribution in [0.5, 0.6) is 11.8 Å². The van der Waals surface area contributed by atoms with E-state index in [4.69, 9.17) is 9.72 Å². The van der Waals surface area contributed by atoms with Crippen LogP contribution in [0.25, 0.3) is 32.9 Å². The van der Waals surface area contributed by atoms with Gasteiger partial charge < -0.3 is 20.1 Å². The van der Waals surface area contributed by atoms with Crippen molar-refractivity contribution >= 4 is 27.5 Å². The Hall–Kier alpha value is -3.63. The number of piperazine rings is 1. The fraction of sp³-hybridized carbons (Fsp3) is 0.500. The fourth-order valence-corrected chi connectivity index (χ4v) is 9.22. The molecule has 4 saturated heterocycles. The van der Waals surface area contributed by atoms with E-state index in [-0.39, 0.29) is 35.1 Å². The van der Waals surface area contributed by atoms with E-state index in [9.17, 15) is 9.50 Å². The van der Waals surface area contributed by atoms with Crippen LogP contribution in [0.3, 0.4) is 0 Å². The van der Waals surface area contributed by atoms with E-state index >= 15 is 4.39 Å². The first-order valence-electron chi connectivity index (χ1n) is 16.1.